The molecule has 7 heteroatoms. The van der Waals surface area contributed by atoms with Crippen molar-refractivity contribution in [2.75, 3.05) is 42.9 Å². The topological polar surface area (TPSA) is 89.6 Å². The summed E-state index contributed by atoms with van der Waals surface area (Å²) in [6.45, 7) is 4.04. The molecule has 0 bridgehead atoms. The van der Waals surface area contributed by atoms with Crippen LogP contribution in [0.2, 0.25) is 0 Å². The first-order valence-corrected chi connectivity index (χ1v) is 9.92. The summed E-state index contributed by atoms with van der Waals surface area (Å²) in [7, 11) is 0. The predicted octanol–water partition coefficient (Wildman–Crippen LogP) is 2.82. The van der Waals surface area contributed by atoms with Crippen molar-refractivity contribution >= 4 is 28.3 Å². The molecule has 0 atom stereocenters. The molecule has 7 nitrogen and oxygen atoms in total. The van der Waals surface area contributed by atoms with Crippen LogP contribution >= 0.6 is 0 Å². The van der Waals surface area contributed by atoms with Gasteiger partial charge in [0.1, 0.15) is 11.7 Å². The first-order chi connectivity index (χ1) is 14.6. The van der Waals surface area contributed by atoms with E-state index < -0.39 is 5.63 Å². The fourth-order valence-corrected chi connectivity index (χ4v) is 3.69. The Morgan fingerprint density at radius 2 is 1.87 bits per heavy atom. The van der Waals surface area contributed by atoms with Crippen molar-refractivity contribution in [1.29, 1.82) is 5.26 Å². The molecule has 1 aliphatic rings. The van der Waals surface area contributed by atoms with Crippen molar-refractivity contribution in [2.45, 2.75) is 6.42 Å². The van der Waals surface area contributed by atoms with Crippen molar-refractivity contribution in [3.63, 3.8) is 0 Å². The molecule has 1 saturated heterocycles. The largest absolute Gasteiger partial charge is 0.423 e. The normalized spacial score (nSPS) is 14.4. The van der Waals surface area contributed by atoms with Gasteiger partial charge >= 0.3 is 5.63 Å². The quantitative estimate of drug-likeness (QED) is 0.660. The van der Waals surface area contributed by atoms with Crippen LogP contribution in [-0.4, -0.2) is 43.5 Å². The molecular weight excluding hydrogens is 380 g/mol. The molecule has 2 heterocycles. The number of amides is 1. The van der Waals surface area contributed by atoms with E-state index in [2.05, 4.69) is 21.2 Å². The number of rotatable bonds is 5. The second-order valence-corrected chi connectivity index (χ2v) is 7.26. The molecule has 30 heavy (non-hydrogen) atoms. The molecule has 3 aromatic rings. The number of hydrogen-bond donors (Lipinski definition) is 1. The Balaban J connectivity index is 1.27. The van der Waals surface area contributed by atoms with Crippen LogP contribution in [-0.2, 0) is 4.79 Å². The SMILES string of the molecule is N#Cc1ccccc1N1CCN(CCC(=O)Nc2ccc3oc(=O)ccc3c2)CC1. The maximum atomic E-state index is 12.4. The summed E-state index contributed by atoms with van der Waals surface area (Å²) in [5.74, 6) is -0.0519. The number of carbonyl (C=O) groups is 1. The van der Waals surface area contributed by atoms with Gasteiger partial charge < -0.3 is 14.6 Å². The Morgan fingerprint density at radius 1 is 1.07 bits per heavy atom. The molecule has 152 valence electrons. The van der Waals surface area contributed by atoms with Gasteiger partial charge in [-0.2, -0.15) is 5.26 Å². The van der Waals surface area contributed by atoms with Crippen LogP contribution < -0.4 is 15.8 Å². The van der Waals surface area contributed by atoms with Gasteiger partial charge in [0.25, 0.3) is 0 Å². The monoisotopic (exact) mass is 402 g/mol. The zero-order valence-electron chi connectivity index (χ0n) is 16.5. The molecule has 0 radical (unpaired) electrons. The number of nitrogens with one attached hydrogen (secondary N) is 1. The molecule has 1 fully saturated rings. The number of piperazine rings is 1. The van der Waals surface area contributed by atoms with Crippen LogP contribution in [0.1, 0.15) is 12.0 Å². The van der Waals surface area contributed by atoms with Gasteiger partial charge in [-0.1, -0.05) is 12.1 Å². The molecule has 2 aromatic carbocycles. The van der Waals surface area contributed by atoms with Crippen LogP contribution in [0, 0.1) is 11.3 Å². The van der Waals surface area contributed by atoms with Gasteiger partial charge in [-0.25, -0.2) is 4.79 Å². The lowest BCUT2D eigenvalue weighted by Crippen LogP contribution is -2.47. The fraction of sp³-hybridized carbons (Fsp3) is 0.261. The minimum Gasteiger partial charge on any atom is -0.423 e. The van der Waals surface area contributed by atoms with E-state index in [-0.39, 0.29) is 5.91 Å². The number of benzene rings is 2. The first-order valence-electron chi connectivity index (χ1n) is 9.92. The molecule has 1 amide bonds. The van der Waals surface area contributed by atoms with Gasteiger partial charge in [0, 0.05) is 56.3 Å². The number of carbonyl (C=O) groups excluding carboxylic acids is 1. The third-order valence-corrected chi connectivity index (χ3v) is 5.30. The second kappa shape index (κ2) is 8.80. The number of para-hydroxylation sites is 1. The Morgan fingerprint density at radius 3 is 2.67 bits per heavy atom. The van der Waals surface area contributed by atoms with E-state index in [0.717, 1.165) is 37.3 Å². The van der Waals surface area contributed by atoms with Crippen LogP contribution in [0.25, 0.3) is 11.0 Å². The Kier molecular flexibility index (Phi) is 5.77. The average Bonchev–Trinajstić information content (AvgIpc) is 2.78. The van der Waals surface area contributed by atoms with E-state index >= 15 is 0 Å². The molecule has 0 aliphatic carbocycles. The third kappa shape index (κ3) is 4.50. The summed E-state index contributed by atoms with van der Waals surface area (Å²) in [5.41, 5.74) is 2.45. The molecule has 1 aromatic heterocycles. The minimum atomic E-state index is -0.393. The van der Waals surface area contributed by atoms with Gasteiger partial charge in [-0.05, 0) is 36.4 Å². The number of hydrogen-bond acceptors (Lipinski definition) is 6. The Labute approximate surface area is 174 Å². The average molecular weight is 402 g/mol. The number of anilines is 2. The number of nitriles is 1. The molecule has 1 N–H and O–H groups in total. The predicted molar refractivity (Wildman–Crippen MR) is 116 cm³/mol. The van der Waals surface area contributed by atoms with Crippen molar-refractivity contribution < 1.29 is 9.21 Å². The summed E-state index contributed by atoms with van der Waals surface area (Å²) in [6.07, 6.45) is 0.399. The highest BCUT2D eigenvalue weighted by atomic mass is 16.4. The van der Waals surface area contributed by atoms with Crippen molar-refractivity contribution in [2.24, 2.45) is 0 Å². The van der Waals surface area contributed by atoms with E-state index in [1.54, 1.807) is 24.3 Å². The standard InChI is InChI=1S/C23H22N4O3/c24-16-18-3-1-2-4-20(18)27-13-11-26(12-14-27)10-9-22(28)25-19-6-7-21-17(15-19)5-8-23(29)30-21/h1-8,15H,9-14H2,(H,25,28). The van der Waals surface area contributed by atoms with Crippen LogP contribution in [0.15, 0.2) is 63.8 Å². The van der Waals surface area contributed by atoms with Gasteiger partial charge in [0.2, 0.25) is 5.91 Å². The summed E-state index contributed by atoms with van der Waals surface area (Å²) < 4.78 is 5.11. The van der Waals surface area contributed by atoms with E-state index in [1.165, 1.54) is 6.07 Å². The van der Waals surface area contributed by atoms with Crippen LogP contribution in [0.3, 0.4) is 0 Å². The highest BCUT2D eigenvalue weighted by Gasteiger charge is 2.19. The summed E-state index contributed by atoms with van der Waals surface area (Å²) >= 11 is 0. The number of fused-ring (bicyclic) bond motifs is 1. The van der Waals surface area contributed by atoms with Crippen molar-refractivity contribution in [3.05, 3.63) is 70.6 Å². The van der Waals surface area contributed by atoms with Gasteiger partial charge in [-0.3, -0.25) is 9.69 Å². The zero-order chi connectivity index (χ0) is 20.9. The Hall–Kier alpha value is -3.63. The lowest BCUT2D eigenvalue weighted by atomic mass is 10.1. The third-order valence-electron chi connectivity index (χ3n) is 5.30. The van der Waals surface area contributed by atoms with Gasteiger partial charge in [0.05, 0.1) is 11.3 Å². The second-order valence-electron chi connectivity index (χ2n) is 7.26. The molecular formula is C23H22N4O3. The molecule has 0 spiro atoms. The van der Waals surface area contributed by atoms with Crippen molar-refractivity contribution in [3.8, 4) is 6.07 Å². The number of nitrogens with zero attached hydrogens (tertiary/aromatic N) is 3. The molecule has 4 rings (SSSR count). The van der Waals surface area contributed by atoms with E-state index in [1.807, 2.05) is 24.3 Å². The maximum Gasteiger partial charge on any atom is 0.336 e. The van der Waals surface area contributed by atoms with Crippen LogP contribution in [0.5, 0.6) is 0 Å². The van der Waals surface area contributed by atoms with Crippen molar-refractivity contribution in [1.82, 2.24) is 4.90 Å². The van der Waals surface area contributed by atoms with E-state index in [4.69, 9.17) is 4.42 Å². The van der Waals surface area contributed by atoms with Crippen LogP contribution in [0.4, 0.5) is 11.4 Å². The maximum absolute atomic E-state index is 12.4. The minimum absolute atomic E-state index is 0.0519. The summed E-state index contributed by atoms with van der Waals surface area (Å²) in [6, 6.07) is 18.2. The fourth-order valence-electron chi connectivity index (χ4n) is 3.69. The smallest absolute Gasteiger partial charge is 0.336 e. The van der Waals surface area contributed by atoms with Gasteiger partial charge in [0.15, 0.2) is 0 Å². The van der Waals surface area contributed by atoms with Gasteiger partial charge in [-0.15, -0.1) is 0 Å². The summed E-state index contributed by atoms with van der Waals surface area (Å²) in [5, 5.41) is 13.0. The Bertz CT molecular complexity index is 1160. The molecule has 0 saturated carbocycles. The zero-order valence-corrected chi connectivity index (χ0v) is 16.5. The molecule has 1 aliphatic heterocycles. The van der Waals surface area contributed by atoms with E-state index in [9.17, 15) is 14.9 Å². The summed E-state index contributed by atoms with van der Waals surface area (Å²) in [4.78, 5) is 28.1. The lowest BCUT2D eigenvalue weighted by Gasteiger charge is -2.36. The molecule has 0 unspecified atom stereocenters. The first kappa shape index (κ1) is 19.7. The highest BCUT2D eigenvalue weighted by Crippen LogP contribution is 2.21. The van der Waals surface area contributed by atoms with E-state index in [0.29, 0.717) is 29.8 Å². The highest BCUT2D eigenvalue weighted by molar-refractivity contribution is 5.93. The lowest BCUT2D eigenvalue weighted by molar-refractivity contribution is -0.116.